The summed E-state index contributed by atoms with van der Waals surface area (Å²) in [4.78, 5) is 35.8. The summed E-state index contributed by atoms with van der Waals surface area (Å²) in [6, 6.07) is 11.2. The highest BCUT2D eigenvalue weighted by atomic mass is 16.6. The van der Waals surface area contributed by atoms with Gasteiger partial charge in [-0.15, -0.1) is 0 Å². The Kier molecular flexibility index (Phi) is 5.03. The Morgan fingerprint density at radius 3 is 2.47 bits per heavy atom. The van der Waals surface area contributed by atoms with Crippen molar-refractivity contribution >= 4 is 17.4 Å². The van der Waals surface area contributed by atoms with Gasteiger partial charge in [0.2, 0.25) is 0 Å². The zero-order chi connectivity index (χ0) is 22.1. The number of fused-ring (bicyclic) bond motifs is 1. The Morgan fingerprint density at radius 2 is 1.75 bits per heavy atom. The third-order valence-electron chi connectivity index (χ3n) is 5.43. The molecule has 2 aliphatic heterocycles. The SMILES string of the molecule is O=C1C(=O)N(Cc2cccnc2)C(c2cccnc2)C1=C(O)c1ccc2c(c1)OCCO2. The van der Waals surface area contributed by atoms with E-state index < -0.39 is 17.7 Å². The quantitative estimate of drug-likeness (QED) is 0.387. The van der Waals surface area contributed by atoms with Crippen LogP contribution in [0.5, 0.6) is 11.5 Å². The van der Waals surface area contributed by atoms with Gasteiger partial charge in [0.1, 0.15) is 19.0 Å². The molecule has 4 heterocycles. The number of Topliss-reactive ketones (excluding diaryl/α,β-unsaturated/α-hetero) is 1. The molecule has 1 aromatic carbocycles. The van der Waals surface area contributed by atoms with Crippen molar-refractivity contribution in [3.05, 3.63) is 89.5 Å². The Labute approximate surface area is 183 Å². The maximum Gasteiger partial charge on any atom is 0.295 e. The maximum atomic E-state index is 13.1. The highest BCUT2D eigenvalue weighted by Crippen LogP contribution is 2.41. The van der Waals surface area contributed by atoms with E-state index >= 15 is 0 Å². The van der Waals surface area contributed by atoms with E-state index in [9.17, 15) is 14.7 Å². The zero-order valence-electron chi connectivity index (χ0n) is 17.0. The molecule has 2 aliphatic rings. The molecule has 8 heteroatoms. The first-order valence-corrected chi connectivity index (χ1v) is 10.1. The van der Waals surface area contributed by atoms with Crippen LogP contribution in [0.25, 0.3) is 5.76 Å². The molecule has 0 aliphatic carbocycles. The van der Waals surface area contributed by atoms with Gasteiger partial charge < -0.3 is 19.5 Å². The van der Waals surface area contributed by atoms with E-state index in [0.29, 0.717) is 35.8 Å². The minimum atomic E-state index is -0.794. The molecule has 1 N–H and O–H groups in total. The molecule has 0 bridgehead atoms. The Bertz CT molecular complexity index is 1210. The molecule has 3 aromatic rings. The highest BCUT2D eigenvalue weighted by Gasteiger charge is 2.46. The monoisotopic (exact) mass is 429 g/mol. The van der Waals surface area contributed by atoms with Crippen molar-refractivity contribution in [2.75, 3.05) is 13.2 Å². The van der Waals surface area contributed by atoms with Crippen molar-refractivity contribution in [3.63, 3.8) is 0 Å². The van der Waals surface area contributed by atoms with Gasteiger partial charge in [0.25, 0.3) is 11.7 Å². The van der Waals surface area contributed by atoms with E-state index in [-0.39, 0.29) is 17.9 Å². The third-order valence-corrected chi connectivity index (χ3v) is 5.43. The van der Waals surface area contributed by atoms with Gasteiger partial charge in [-0.2, -0.15) is 0 Å². The topological polar surface area (TPSA) is 102 Å². The van der Waals surface area contributed by atoms with E-state index in [1.807, 2.05) is 6.07 Å². The average Bonchev–Trinajstić information content (AvgIpc) is 3.09. The number of likely N-dealkylation sites (tertiary alicyclic amines) is 1. The number of amides is 1. The molecule has 1 atom stereocenters. The van der Waals surface area contributed by atoms with Crippen LogP contribution in [0.3, 0.4) is 0 Å². The van der Waals surface area contributed by atoms with Crippen LogP contribution in [-0.4, -0.2) is 44.9 Å². The summed E-state index contributed by atoms with van der Waals surface area (Å²) in [7, 11) is 0. The summed E-state index contributed by atoms with van der Waals surface area (Å²) < 4.78 is 11.1. The number of nitrogens with zero attached hydrogens (tertiary/aromatic N) is 3. The number of carbonyl (C=O) groups is 2. The molecule has 160 valence electrons. The standard InChI is InChI=1S/C24H19N3O5/c28-22(16-5-6-18-19(11-16)32-10-9-31-18)20-21(17-4-2-8-26-13-17)27(24(30)23(20)29)14-15-3-1-7-25-12-15/h1-8,11-13,21,28H,9-10,14H2. The van der Waals surface area contributed by atoms with Gasteiger partial charge in [-0.25, -0.2) is 0 Å². The van der Waals surface area contributed by atoms with Gasteiger partial charge in [0.15, 0.2) is 11.5 Å². The lowest BCUT2D eigenvalue weighted by atomic mass is 9.96. The number of hydrogen-bond donors (Lipinski definition) is 1. The fourth-order valence-electron chi connectivity index (χ4n) is 3.96. The van der Waals surface area contributed by atoms with Crippen LogP contribution in [0, 0.1) is 0 Å². The van der Waals surface area contributed by atoms with Crippen LogP contribution in [-0.2, 0) is 16.1 Å². The van der Waals surface area contributed by atoms with Crippen LogP contribution in [0.1, 0.15) is 22.7 Å². The van der Waals surface area contributed by atoms with Crippen molar-refractivity contribution in [2.24, 2.45) is 0 Å². The molecule has 1 fully saturated rings. The second kappa shape index (κ2) is 8.14. The number of pyridine rings is 2. The largest absolute Gasteiger partial charge is 0.507 e. The smallest absolute Gasteiger partial charge is 0.295 e. The lowest BCUT2D eigenvalue weighted by Crippen LogP contribution is -2.29. The number of hydrogen-bond acceptors (Lipinski definition) is 7. The van der Waals surface area contributed by atoms with Gasteiger partial charge in [0, 0.05) is 36.9 Å². The first-order valence-electron chi connectivity index (χ1n) is 10.1. The minimum Gasteiger partial charge on any atom is -0.507 e. The van der Waals surface area contributed by atoms with Crippen molar-refractivity contribution in [2.45, 2.75) is 12.6 Å². The summed E-state index contributed by atoms with van der Waals surface area (Å²) in [5.41, 5.74) is 1.75. The van der Waals surface area contributed by atoms with Crippen molar-refractivity contribution in [1.29, 1.82) is 0 Å². The predicted octanol–water partition coefficient (Wildman–Crippen LogP) is 2.87. The average molecular weight is 429 g/mol. The summed E-state index contributed by atoms with van der Waals surface area (Å²) >= 11 is 0. The molecule has 0 saturated carbocycles. The van der Waals surface area contributed by atoms with Gasteiger partial charge in [-0.05, 0) is 41.5 Å². The first-order chi connectivity index (χ1) is 15.6. The molecule has 2 aromatic heterocycles. The normalized spacial score (nSPS) is 19.2. The fourth-order valence-corrected chi connectivity index (χ4v) is 3.96. The molecule has 1 unspecified atom stereocenters. The van der Waals surface area contributed by atoms with Crippen LogP contribution in [0.15, 0.2) is 72.8 Å². The second-order valence-corrected chi connectivity index (χ2v) is 7.43. The third kappa shape index (κ3) is 3.45. The predicted molar refractivity (Wildman–Crippen MR) is 114 cm³/mol. The highest BCUT2D eigenvalue weighted by molar-refractivity contribution is 6.46. The summed E-state index contributed by atoms with van der Waals surface area (Å²) in [5, 5.41) is 11.2. The van der Waals surface area contributed by atoms with Crippen LogP contribution >= 0.6 is 0 Å². The summed E-state index contributed by atoms with van der Waals surface area (Å²) in [6.07, 6.45) is 6.47. The Balaban J connectivity index is 1.62. The molecule has 5 rings (SSSR count). The van der Waals surface area contributed by atoms with Gasteiger partial charge in [0.05, 0.1) is 11.6 Å². The van der Waals surface area contributed by atoms with Crippen LogP contribution in [0.4, 0.5) is 0 Å². The molecule has 0 spiro atoms. The lowest BCUT2D eigenvalue weighted by molar-refractivity contribution is -0.140. The lowest BCUT2D eigenvalue weighted by Gasteiger charge is -2.25. The van der Waals surface area contributed by atoms with E-state index in [2.05, 4.69) is 9.97 Å². The van der Waals surface area contributed by atoms with Crippen molar-refractivity contribution < 1.29 is 24.2 Å². The van der Waals surface area contributed by atoms with Crippen LogP contribution in [0.2, 0.25) is 0 Å². The molecule has 1 saturated heterocycles. The molecule has 1 amide bonds. The molecule has 0 radical (unpaired) electrons. The Hall–Kier alpha value is -4.20. The Morgan fingerprint density at radius 1 is 1.00 bits per heavy atom. The van der Waals surface area contributed by atoms with Gasteiger partial charge in [-0.1, -0.05) is 12.1 Å². The second-order valence-electron chi connectivity index (χ2n) is 7.43. The summed E-state index contributed by atoms with van der Waals surface area (Å²) in [5.74, 6) is -0.684. The molecule has 8 nitrogen and oxygen atoms in total. The van der Waals surface area contributed by atoms with E-state index in [4.69, 9.17) is 9.47 Å². The number of rotatable bonds is 4. The molecular formula is C24H19N3O5. The first kappa shape index (κ1) is 19.7. The van der Waals surface area contributed by atoms with Crippen LogP contribution < -0.4 is 9.47 Å². The van der Waals surface area contributed by atoms with E-state index in [0.717, 1.165) is 5.56 Å². The van der Waals surface area contributed by atoms with Gasteiger partial charge >= 0.3 is 0 Å². The number of benzene rings is 1. The zero-order valence-corrected chi connectivity index (χ0v) is 17.0. The van der Waals surface area contributed by atoms with E-state index in [1.54, 1.807) is 61.2 Å². The number of ether oxygens (including phenoxy) is 2. The number of aromatic nitrogens is 2. The fraction of sp³-hybridized carbons (Fsp3) is 0.167. The number of carbonyl (C=O) groups excluding carboxylic acids is 2. The number of aliphatic hydroxyl groups is 1. The van der Waals surface area contributed by atoms with Crippen molar-refractivity contribution in [1.82, 2.24) is 14.9 Å². The van der Waals surface area contributed by atoms with Crippen molar-refractivity contribution in [3.8, 4) is 11.5 Å². The van der Waals surface area contributed by atoms with Gasteiger partial charge in [-0.3, -0.25) is 19.6 Å². The molecular weight excluding hydrogens is 410 g/mol. The molecule has 32 heavy (non-hydrogen) atoms. The maximum absolute atomic E-state index is 13.1. The summed E-state index contributed by atoms with van der Waals surface area (Å²) in [6.45, 7) is 0.997. The number of aliphatic hydroxyl groups excluding tert-OH is 1. The minimum absolute atomic E-state index is 0.00330. The van der Waals surface area contributed by atoms with E-state index in [1.165, 1.54) is 4.90 Å². The number of ketones is 1.